The number of aryl methyl sites for hydroxylation is 1. The first-order valence-corrected chi connectivity index (χ1v) is 17.6. The first-order chi connectivity index (χ1) is 26.2. The van der Waals surface area contributed by atoms with Gasteiger partial charge >= 0.3 is 0 Å². The molecule has 6 rings (SSSR count). The molecule has 2 aliphatic heterocycles. The van der Waals surface area contributed by atoms with E-state index in [1.807, 2.05) is 48.5 Å². The Morgan fingerprint density at radius 3 is 2.50 bits per heavy atom. The van der Waals surface area contributed by atoms with E-state index in [2.05, 4.69) is 26.3 Å². The van der Waals surface area contributed by atoms with E-state index in [1.54, 1.807) is 13.2 Å². The van der Waals surface area contributed by atoms with E-state index >= 15 is 0 Å². The second-order valence-electron chi connectivity index (χ2n) is 12.6. The summed E-state index contributed by atoms with van der Waals surface area (Å²) < 4.78 is 16.9. The van der Waals surface area contributed by atoms with Crippen molar-refractivity contribution >= 4 is 57.7 Å². The number of ether oxygens (including phenoxy) is 3. The number of nitrogens with zero attached hydrogens (tertiary/aromatic N) is 2. The number of carbonyl (C=O) groups is 6. The standard InChI is InChI=1S/C39H40N6O9/c1-40-36(48)28-22-42-29-13-12-24(21-27(29)35(28)43-25-8-3-2-4-9-25)7-6-17-52-19-20-53-18-16-41-33(47)23-54-31-11-5-10-26-34(31)39(51)45(38(26)50)30-14-15-32(46)44-37(30)49/h2-5,8-13,21-22,30H,6-7,14-20,23H2,1H3,(H,40,48)(H,41,47)(H,42,43)(H,44,46,49). The summed E-state index contributed by atoms with van der Waals surface area (Å²) in [5.41, 5.74) is 3.90. The van der Waals surface area contributed by atoms with Gasteiger partial charge in [0.2, 0.25) is 11.8 Å². The smallest absolute Gasteiger partial charge is 0.266 e. The SMILES string of the molecule is CNC(=O)c1cnc2ccc(CCCOCCOCCNC(=O)COc3cccc4c3C(=O)N(C3CCC(=O)NC3=O)C4=O)cc2c1Nc1ccccc1. The van der Waals surface area contributed by atoms with Crippen molar-refractivity contribution in [1.82, 2.24) is 25.8 Å². The number of piperidine rings is 1. The number of imide groups is 2. The van der Waals surface area contributed by atoms with Crippen LogP contribution in [-0.4, -0.2) is 98.0 Å². The minimum absolute atomic E-state index is 0.00925. The molecule has 1 atom stereocenters. The van der Waals surface area contributed by atoms with Crippen molar-refractivity contribution in [3.63, 3.8) is 0 Å². The maximum atomic E-state index is 13.2. The van der Waals surface area contributed by atoms with Crippen LogP contribution in [0.1, 0.15) is 55.9 Å². The molecule has 0 spiro atoms. The summed E-state index contributed by atoms with van der Waals surface area (Å²) >= 11 is 0. The minimum Gasteiger partial charge on any atom is -0.483 e. The number of rotatable bonds is 17. The second kappa shape index (κ2) is 17.6. The predicted molar refractivity (Wildman–Crippen MR) is 196 cm³/mol. The van der Waals surface area contributed by atoms with Gasteiger partial charge in [-0.25, -0.2) is 0 Å². The number of hydrogen-bond donors (Lipinski definition) is 4. The van der Waals surface area contributed by atoms with Gasteiger partial charge in [-0.1, -0.05) is 30.3 Å². The highest BCUT2D eigenvalue weighted by molar-refractivity contribution is 6.24. The number of pyridine rings is 1. The number of carbonyl (C=O) groups excluding carboxylic acids is 6. The van der Waals surface area contributed by atoms with Gasteiger partial charge in [-0.15, -0.1) is 0 Å². The van der Waals surface area contributed by atoms with Gasteiger partial charge < -0.3 is 30.2 Å². The van der Waals surface area contributed by atoms with Crippen LogP contribution in [0.25, 0.3) is 10.9 Å². The summed E-state index contributed by atoms with van der Waals surface area (Å²) in [5.74, 6) is -3.19. The van der Waals surface area contributed by atoms with Gasteiger partial charge in [-0.3, -0.25) is 44.0 Å². The monoisotopic (exact) mass is 736 g/mol. The van der Waals surface area contributed by atoms with Gasteiger partial charge in [0.1, 0.15) is 11.8 Å². The van der Waals surface area contributed by atoms with E-state index in [9.17, 15) is 28.8 Å². The van der Waals surface area contributed by atoms with E-state index < -0.39 is 42.2 Å². The summed E-state index contributed by atoms with van der Waals surface area (Å²) in [5, 5.41) is 11.8. The Morgan fingerprint density at radius 1 is 0.926 bits per heavy atom. The molecule has 15 nitrogen and oxygen atoms in total. The Morgan fingerprint density at radius 2 is 1.72 bits per heavy atom. The van der Waals surface area contributed by atoms with E-state index in [4.69, 9.17) is 14.2 Å². The number of hydrogen-bond acceptors (Lipinski definition) is 11. The lowest BCUT2D eigenvalue weighted by molar-refractivity contribution is -0.136. The van der Waals surface area contributed by atoms with Gasteiger partial charge in [0, 0.05) is 43.9 Å². The molecule has 0 saturated carbocycles. The molecular weight excluding hydrogens is 696 g/mol. The van der Waals surface area contributed by atoms with Crippen LogP contribution in [0.3, 0.4) is 0 Å². The third-order valence-corrected chi connectivity index (χ3v) is 8.93. The Kier molecular flexibility index (Phi) is 12.2. The Labute approximate surface area is 310 Å². The largest absolute Gasteiger partial charge is 0.483 e. The van der Waals surface area contributed by atoms with Crippen LogP contribution in [0.15, 0.2) is 72.9 Å². The molecule has 0 aliphatic carbocycles. The molecule has 0 radical (unpaired) electrons. The molecule has 280 valence electrons. The van der Waals surface area contributed by atoms with Crippen LogP contribution >= 0.6 is 0 Å². The maximum absolute atomic E-state index is 13.2. The molecule has 1 aromatic heterocycles. The fourth-order valence-corrected chi connectivity index (χ4v) is 6.26. The number of nitrogens with one attached hydrogen (secondary N) is 4. The van der Waals surface area contributed by atoms with Crippen molar-refractivity contribution in [3.05, 3.63) is 95.2 Å². The Hall–Kier alpha value is -6.19. The molecule has 4 N–H and O–H groups in total. The van der Waals surface area contributed by atoms with Gasteiger partial charge in [-0.2, -0.15) is 0 Å². The number of benzene rings is 3. The number of aromatic nitrogens is 1. The lowest BCUT2D eigenvalue weighted by Crippen LogP contribution is -2.54. The number of fused-ring (bicyclic) bond motifs is 2. The normalized spacial score (nSPS) is 15.2. The van der Waals surface area contributed by atoms with Gasteiger partial charge in [0.25, 0.3) is 23.6 Å². The first-order valence-electron chi connectivity index (χ1n) is 17.6. The molecule has 1 saturated heterocycles. The summed E-state index contributed by atoms with van der Waals surface area (Å²) in [6.07, 6.45) is 3.15. The van der Waals surface area contributed by atoms with E-state index in [0.29, 0.717) is 31.1 Å². The highest BCUT2D eigenvalue weighted by atomic mass is 16.5. The molecular formula is C39H40N6O9. The molecule has 0 bridgehead atoms. The quantitative estimate of drug-likeness (QED) is 0.0920. The fraction of sp³-hybridized carbons (Fsp3) is 0.308. The number of para-hydroxylation sites is 1. The maximum Gasteiger partial charge on any atom is 0.266 e. The van der Waals surface area contributed by atoms with Crippen LogP contribution in [-0.2, 0) is 30.3 Å². The zero-order chi connectivity index (χ0) is 38.0. The topological polar surface area (TPSA) is 194 Å². The van der Waals surface area contributed by atoms with E-state index in [1.165, 1.54) is 18.2 Å². The van der Waals surface area contributed by atoms with Crippen LogP contribution in [0.5, 0.6) is 5.75 Å². The van der Waals surface area contributed by atoms with Crippen LogP contribution in [0.4, 0.5) is 11.4 Å². The minimum atomic E-state index is -1.10. The Balaban J connectivity index is 0.886. The molecule has 6 amide bonds. The van der Waals surface area contributed by atoms with Crippen molar-refractivity contribution in [2.75, 3.05) is 51.9 Å². The second-order valence-corrected chi connectivity index (χ2v) is 12.6. The van der Waals surface area contributed by atoms with Gasteiger partial charge in [0.15, 0.2) is 6.61 Å². The third kappa shape index (κ3) is 8.70. The third-order valence-electron chi connectivity index (χ3n) is 8.93. The van der Waals surface area contributed by atoms with Crippen molar-refractivity contribution in [2.24, 2.45) is 0 Å². The molecule has 4 aromatic rings. The predicted octanol–water partition coefficient (Wildman–Crippen LogP) is 2.90. The summed E-state index contributed by atoms with van der Waals surface area (Å²) in [6, 6.07) is 19.0. The highest BCUT2D eigenvalue weighted by Gasteiger charge is 2.46. The summed E-state index contributed by atoms with van der Waals surface area (Å²) in [4.78, 5) is 80.4. The van der Waals surface area contributed by atoms with Crippen molar-refractivity contribution < 1.29 is 43.0 Å². The molecule has 2 aliphatic rings. The van der Waals surface area contributed by atoms with E-state index in [-0.39, 0.29) is 48.8 Å². The molecule has 54 heavy (non-hydrogen) atoms. The number of anilines is 2. The van der Waals surface area contributed by atoms with Gasteiger partial charge in [-0.05, 0) is 61.2 Å². The fourth-order valence-electron chi connectivity index (χ4n) is 6.26. The molecule has 15 heteroatoms. The lowest BCUT2D eigenvalue weighted by Gasteiger charge is -2.27. The molecule has 3 heterocycles. The van der Waals surface area contributed by atoms with E-state index in [0.717, 1.165) is 39.9 Å². The van der Waals surface area contributed by atoms with Crippen LogP contribution in [0.2, 0.25) is 0 Å². The molecule has 1 unspecified atom stereocenters. The molecule has 3 aromatic carbocycles. The summed E-state index contributed by atoms with van der Waals surface area (Å²) in [7, 11) is 1.59. The van der Waals surface area contributed by atoms with Crippen LogP contribution in [0, 0.1) is 0 Å². The van der Waals surface area contributed by atoms with Crippen molar-refractivity contribution in [1.29, 1.82) is 0 Å². The average molecular weight is 737 g/mol. The average Bonchev–Trinajstić information content (AvgIpc) is 3.43. The Bertz CT molecular complexity index is 2070. The van der Waals surface area contributed by atoms with Crippen LogP contribution < -0.4 is 26.0 Å². The number of amides is 6. The zero-order valence-electron chi connectivity index (χ0n) is 29.6. The first kappa shape index (κ1) is 37.6. The highest BCUT2D eigenvalue weighted by Crippen LogP contribution is 2.34. The van der Waals surface area contributed by atoms with Gasteiger partial charge in [0.05, 0.1) is 47.7 Å². The van der Waals surface area contributed by atoms with Crippen molar-refractivity contribution in [3.8, 4) is 5.75 Å². The lowest BCUT2D eigenvalue weighted by atomic mass is 10.0. The van der Waals surface area contributed by atoms with Crippen molar-refractivity contribution in [2.45, 2.75) is 31.7 Å². The summed E-state index contributed by atoms with van der Waals surface area (Å²) in [6.45, 7) is 1.28. The zero-order valence-corrected chi connectivity index (χ0v) is 29.6. The molecule has 1 fully saturated rings.